The maximum absolute atomic E-state index is 12.3. The number of carbonyl (C=O) groups is 2. The highest BCUT2D eigenvalue weighted by Gasteiger charge is 2.26. The molecule has 1 aliphatic rings. The molecule has 0 aromatic heterocycles. The summed E-state index contributed by atoms with van der Waals surface area (Å²) in [6.45, 7) is 0. The van der Waals surface area contributed by atoms with E-state index in [2.05, 4.69) is 10.6 Å². The summed E-state index contributed by atoms with van der Waals surface area (Å²) in [6, 6.07) is 12.9. The van der Waals surface area contributed by atoms with Crippen LogP contribution < -0.4 is 20.1 Å². The van der Waals surface area contributed by atoms with Gasteiger partial charge in [0.2, 0.25) is 11.8 Å². The van der Waals surface area contributed by atoms with Crippen LogP contribution in [0, 0.1) is 5.92 Å². The Kier molecular flexibility index (Phi) is 5.41. The third-order valence-electron chi connectivity index (χ3n) is 4.47. The lowest BCUT2D eigenvalue weighted by atomic mass is 9.89. The number of anilines is 2. The van der Waals surface area contributed by atoms with Gasteiger partial charge in [-0.15, -0.1) is 0 Å². The van der Waals surface area contributed by atoms with Gasteiger partial charge in [-0.2, -0.15) is 0 Å². The standard InChI is InChI=1S/C20H22N2O4/c1-25-16-10-15(11-17(12-16)26-2)21-19(23)8-7-14-9-13-5-3-4-6-18(13)22-20(14)24/h3-6,10-12,14H,7-9H2,1-2H3,(H,21,23)(H,22,24). The van der Waals surface area contributed by atoms with E-state index in [1.165, 1.54) is 0 Å². The molecule has 0 saturated heterocycles. The molecule has 2 aromatic rings. The molecule has 1 aliphatic heterocycles. The molecule has 0 radical (unpaired) electrons. The molecule has 0 spiro atoms. The minimum Gasteiger partial charge on any atom is -0.497 e. The summed E-state index contributed by atoms with van der Waals surface area (Å²) in [4.78, 5) is 24.5. The molecule has 1 heterocycles. The van der Waals surface area contributed by atoms with Gasteiger partial charge in [0.15, 0.2) is 0 Å². The van der Waals surface area contributed by atoms with Crippen molar-refractivity contribution in [2.24, 2.45) is 5.92 Å². The van der Waals surface area contributed by atoms with Gasteiger partial charge in [0.05, 0.1) is 14.2 Å². The monoisotopic (exact) mass is 354 g/mol. The highest BCUT2D eigenvalue weighted by molar-refractivity contribution is 5.96. The number of hydrogen-bond donors (Lipinski definition) is 2. The Hall–Kier alpha value is -3.02. The number of ether oxygens (including phenoxy) is 2. The molecule has 2 amide bonds. The van der Waals surface area contributed by atoms with Crippen molar-refractivity contribution in [2.45, 2.75) is 19.3 Å². The number of rotatable bonds is 6. The summed E-state index contributed by atoms with van der Waals surface area (Å²) in [6.07, 6.45) is 1.41. The second-order valence-corrected chi connectivity index (χ2v) is 6.24. The number of hydrogen-bond acceptors (Lipinski definition) is 4. The summed E-state index contributed by atoms with van der Waals surface area (Å²) >= 11 is 0. The fourth-order valence-corrected chi connectivity index (χ4v) is 3.05. The molecule has 1 unspecified atom stereocenters. The molecule has 0 fully saturated rings. The molecule has 2 N–H and O–H groups in total. The van der Waals surface area contributed by atoms with Crippen molar-refractivity contribution < 1.29 is 19.1 Å². The fourth-order valence-electron chi connectivity index (χ4n) is 3.05. The van der Waals surface area contributed by atoms with Gasteiger partial charge in [0, 0.05) is 41.9 Å². The molecule has 0 saturated carbocycles. The molecular formula is C20H22N2O4. The Morgan fingerprint density at radius 3 is 2.54 bits per heavy atom. The minimum absolute atomic E-state index is 0.0282. The normalized spacial score (nSPS) is 15.6. The summed E-state index contributed by atoms with van der Waals surface area (Å²) in [5, 5.41) is 5.74. The zero-order valence-corrected chi connectivity index (χ0v) is 14.9. The summed E-state index contributed by atoms with van der Waals surface area (Å²) < 4.78 is 10.4. The van der Waals surface area contributed by atoms with Gasteiger partial charge in [-0.3, -0.25) is 9.59 Å². The summed E-state index contributed by atoms with van der Waals surface area (Å²) in [5.41, 5.74) is 2.57. The van der Waals surface area contributed by atoms with Crippen LogP contribution in [-0.4, -0.2) is 26.0 Å². The van der Waals surface area contributed by atoms with Crippen LogP contribution in [0.5, 0.6) is 11.5 Å². The third-order valence-corrected chi connectivity index (χ3v) is 4.47. The van der Waals surface area contributed by atoms with E-state index >= 15 is 0 Å². The fraction of sp³-hybridized carbons (Fsp3) is 0.300. The van der Waals surface area contributed by atoms with E-state index in [4.69, 9.17) is 9.47 Å². The number of amides is 2. The van der Waals surface area contributed by atoms with Crippen LogP contribution in [0.25, 0.3) is 0 Å². The van der Waals surface area contributed by atoms with Crippen LogP contribution in [0.2, 0.25) is 0 Å². The molecule has 6 nitrogen and oxygen atoms in total. The van der Waals surface area contributed by atoms with E-state index < -0.39 is 0 Å². The van der Waals surface area contributed by atoms with Crippen LogP contribution in [0.15, 0.2) is 42.5 Å². The van der Waals surface area contributed by atoms with Crippen molar-refractivity contribution in [3.8, 4) is 11.5 Å². The van der Waals surface area contributed by atoms with E-state index in [9.17, 15) is 9.59 Å². The second-order valence-electron chi connectivity index (χ2n) is 6.24. The van der Waals surface area contributed by atoms with Crippen LogP contribution in [0.4, 0.5) is 11.4 Å². The Morgan fingerprint density at radius 1 is 1.15 bits per heavy atom. The SMILES string of the molecule is COc1cc(NC(=O)CCC2Cc3ccccc3NC2=O)cc(OC)c1. The average molecular weight is 354 g/mol. The zero-order chi connectivity index (χ0) is 18.5. The first-order chi connectivity index (χ1) is 12.6. The number of nitrogens with one attached hydrogen (secondary N) is 2. The van der Waals surface area contributed by atoms with Crippen LogP contribution in [0.1, 0.15) is 18.4 Å². The lowest BCUT2D eigenvalue weighted by Crippen LogP contribution is -2.30. The number of benzene rings is 2. The van der Waals surface area contributed by atoms with E-state index in [0.717, 1.165) is 11.3 Å². The van der Waals surface area contributed by atoms with Crippen molar-refractivity contribution in [3.05, 3.63) is 48.0 Å². The minimum atomic E-state index is -0.199. The van der Waals surface area contributed by atoms with Gasteiger partial charge < -0.3 is 20.1 Å². The topological polar surface area (TPSA) is 76.7 Å². The van der Waals surface area contributed by atoms with Gasteiger partial charge in [0.1, 0.15) is 11.5 Å². The highest BCUT2D eigenvalue weighted by atomic mass is 16.5. The first-order valence-electron chi connectivity index (χ1n) is 8.50. The molecule has 6 heteroatoms. The largest absolute Gasteiger partial charge is 0.497 e. The predicted molar refractivity (Wildman–Crippen MR) is 99.7 cm³/mol. The Labute approximate surface area is 152 Å². The molecule has 2 aromatic carbocycles. The molecular weight excluding hydrogens is 332 g/mol. The van der Waals surface area contributed by atoms with Crippen molar-refractivity contribution >= 4 is 23.2 Å². The third kappa shape index (κ3) is 4.14. The Balaban J connectivity index is 1.59. The van der Waals surface area contributed by atoms with Crippen molar-refractivity contribution in [1.82, 2.24) is 0 Å². The quantitative estimate of drug-likeness (QED) is 0.835. The van der Waals surface area contributed by atoms with Crippen LogP contribution in [-0.2, 0) is 16.0 Å². The number of para-hydroxylation sites is 1. The lowest BCUT2D eigenvalue weighted by molar-refractivity contribution is -0.121. The number of fused-ring (bicyclic) bond motifs is 1. The first-order valence-corrected chi connectivity index (χ1v) is 8.50. The average Bonchev–Trinajstić information content (AvgIpc) is 2.65. The maximum atomic E-state index is 12.3. The molecule has 0 bridgehead atoms. The van der Waals surface area contributed by atoms with Crippen molar-refractivity contribution in [2.75, 3.05) is 24.9 Å². The van der Waals surface area contributed by atoms with Gasteiger partial charge in [-0.05, 0) is 24.5 Å². The molecule has 26 heavy (non-hydrogen) atoms. The first kappa shape index (κ1) is 17.8. The summed E-state index contributed by atoms with van der Waals surface area (Å²) in [5.74, 6) is 0.827. The zero-order valence-electron chi connectivity index (χ0n) is 14.9. The van der Waals surface area contributed by atoms with Gasteiger partial charge >= 0.3 is 0 Å². The second kappa shape index (κ2) is 7.91. The van der Waals surface area contributed by atoms with Crippen LogP contribution in [0.3, 0.4) is 0 Å². The van der Waals surface area contributed by atoms with Gasteiger partial charge in [0.25, 0.3) is 0 Å². The van der Waals surface area contributed by atoms with Crippen molar-refractivity contribution in [1.29, 1.82) is 0 Å². The van der Waals surface area contributed by atoms with Crippen molar-refractivity contribution in [3.63, 3.8) is 0 Å². The highest BCUT2D eigenvalue weighted by Crippen LogP contribution is 2.28. The van der Waals surface area contributed by atoms with Gasteiger partial charge in [-0.1, -0.05) is 18.2 Å². The van der Waals surface area contributed by atoms with E-state index in [1.807, 2.05) is 24.3 Å². The molecule has 1 atom stereocenters. The predicted octanol–water partition coefficient (Wildman–Crippen LogP) is 3.23. The summed E-state index contributed by atoms with van der Waals surface area (Å²) in [7, 11) is 3.11. The number of carbonyl (C=O) groups excluding carboxylic acids is 2. The Bertz CT molecular complexity index is 797. The van der Waals surface area contributed by atoms with Gasteiger partial charge in [-0.25, -0.2) is 0 Å². The Morgan fingerprint density at radius 2 is 1.85 bits per heavy atom. The number of methoxy groups -OCH3 is 2. The van der Waals surface area contributed by atoms with Crippen LogP contribution >= 0.6 is 0 Å². The van der Waals surface area contributed by atoms with E-state index in [0.29, 0.717) is 30.0 Å². The smallest absolute Gasteiger partial charge is 0.227 e. The maximum Gasteiger partial charge on any atom is 0.227 e. The molecule has 3 rings (SSSR count). The van der Waals surface area contributed by atoms with E-state index in [1.54, 1.807) is 32.4 Å². The molecule has 136 valence electrons. The molecule has 0 aliphatic carbocycles. The lowest BCUT2D eigenvalue weighted by Gasteiger charge is -2.24. The van der Waals surface area contributed by atoms with E-state index in [-0.39, 0.29) is 24.2 Å².